The summed E-state index contributed by atoms with van der Waals surface area (Å²) in [6, 6.07) is 60.6. The number of fused-ring (bicyclic) bond motifs is 5. The van der Waals surface area contributed by atoms with Gasteiger partial charge in [-0.05, 0) is 57.6 Å². The van der Waals surface area contributed by atoms with E-state index in [-0.39, 0.29) is 69.5 Å². The fourth-order valence-electron chi connectivity index (χ4n) is 10.2. The van der Waals surface area contributed by atoms with Gasteiger partial charge in [0.15, 0.2) is 18.7 Å². The van der Waals surface area contributed by atoms with E-state index in [1.807, 2.05) is 158 Å². The van der Waals surface area contributed by atoms with Gasteiger partial charge in [0.1, 0.15) is 42.7 Å². The highest BCUT2D eigenvalue weighted by Crippen LogP contribution is 2.40. The molecule has 11 rings (SSSR count). The van der Waals surface area contributed by atoms with Gasteiger partial charge in [0.2, 0.25) is 0 Å². The van der Waals surface area contributed by atoms with Crippen molar-refractivity contribution in [1.82, 2.24) is 4.90 Å². The number of esters is 1. The van der Waals surface area contributed by atoms with Crippen LogP contribution in [0.4, 0.5) is 0 Å². The summed E-state index contributed by atoms with van der Waals surface area (Å²) < 4.78 is 68.9. The molecule has 2 bridgehead atoms. The maximum Gasteiger partial charge on any atom is 0.338 e. The maximum atomic E-state index is 14.9. The molecule has 0 N–H and O–H groups in total. The summed E-state index contributed by atoms with van der Waals surface area (Å²) >= 11 is 0. The van der Waals surface area contributed by atoms with Crippen LogP contribution in [0.3, 0.4) is 0 Å². The van der Waals surface area contributed by atoms with E-state index in [0.29, 0.717) is 5.56 Å². The summed E-state index contributed by atoms with van der Waals surface area (Å²) in [5, 5.41) is 0. The van der Waals surface area contributed by atoms with Gasteiger partial charge in [-0.1, -0.05) is 176 Å². The highest BCUT2D eigenvalue weighted by atomic mass is 16.8. The minimum Gasteiger partial charge on any atom is -0.453 e. The Labute approximate surface area is 447 Å². The maximum absolute atomic E-state index is 14.9. The molecule has 2 fully saturated rings. The molecule has 394 valence electrons. The first kappa shape index (κ1) is 51.9. The molecule has 7 aromatic rings. The minimum atomic E-state index is -1.47. The van der Waals surface area contributed by atoms with Gasteiger partial charge in [-0.15, -0.1) is 0 Å². The second-order valence-corrected chi connectivity index (χ2v) is 19.4. The third kappa shape index (κ3) is 12.3. The average molecular weight is 1040 g/mol. The third-order valence-corrected chi connectivity index (χ3v) is 14.1. The van der Waals surface area contributed by atoms with Gasteiger partial charge in [0, 0.05) is 0 Å². The molecule has 77 heavy (non-hydrogen) atoms. The van der Waals surface area contributed by atoms with Crippen molar-refractivity contribution in [3.8, 4) is 0 Å². The Hall–Kier alpha value is -7.21. The molecule has 0 aromatic heterocycles. The van der Waals surface area contributed by atoms with Crippen LogP contribution in [0.2, 0.25) is 0 Å². The normalized spacial score (nSPS) is 25.1. The van der Waals surface area contributed by atoms with Crippen LogP contribution >= 0.6 is 0 Å². The quantitative estimate of drug-likeness (QED) is 0.0595. The lowest BCUT2D eigenvalue weighted by Gasteiger charge is -2.51. The van der Waals surface area contributed by atoms with Crippen LogP contribution in [0.15, 0.2) is 200 Å². The van der Waals surface area contributed by atoms with Gasteiger partial charge in [0.25, 0.3) is 11.8 Å². The fourth-order valence-corrected chi connectivity index (χ4v) is 10.2. The number of benzene rings is 7. The number of rotatable bonds is 18. The number of imide groups is 1. The van der Waals surface area contributed by atoms with E-state index in [9.17, 15) is 14.4 Å². The molecule has 2 amide bonds. The van der Waals surface area contributed by atoms with Crippen LogP contribution < -0.4 is 0 Å². The average Bonchev–Trinajstić information content (AvgIpc) is 3.82. The van der Waals surface area contributed by atoms with Crippen molar-refractivity contribution in [2.75, 3.05) is 13.2 Å². The zero-order valence-corrected chi connectivity index (χ0v) is 42.2. The van der Waals surface area contributed by atoms with Gasteiger partial charge in [-0.25, -0.2) is 4.79 Å². The predicted molar refractivity (Wildman–Crippen MR) is 281 cm³/mol. The van der Waals surface area contributed by atoms with Crippen LogP contribution in [0.5, 0.6) is 0 Å². The summed E-state index contributed by atoms with van der Waals surface area (Å²) in [4.78, 5) is 45.6. The molecular formula is C63H59NO13. The first-order valence-corrected chi connectivity index (χ1v) is 26.0. The van der Waals surface area contributed by atoms with Crippen molar-refractivity contribution in [3.63, 3.8) is 0 Å². The van der Waals surface area contributed by atoms with E-state index in [2.05, 4.69) is 0 Å². The lowest BCUT2D eigenvalue weighted by molar-refractivity contribution is -0.365. The number of carbonyl (C=O) groups excluding carboxylic acids is 3. The van der Waals surface area contributed by atoms with Crippen LogP contribution in [-0.4, -0.2) is 97.2 Å². The Balaban J connectivity index is 1.03. The van der Waals surface area contributed by atoms with Crippen molar-refractivity contribution in [2.24, 2.45) is 0 Å². The Morgan fingerprint density at radius 2 is 0.922 bits per heavy atom. The molecule has 2 saturated heterocycles. The summed E-state index contributed by atoms with van der Waals surface area (Å²) in [7, 11) is 0. The Morgan fingerprint density at radius 1 is 0.442 bits per heavy atom. The van der Waals surface area contributed by atoms with Crippen molar-refractivity contribution in [1.29, 1.82) is 0 Å². The summed E-state index contributed by atoms with van der Waals surface area (Å²) in [5.74, 6) is -1.98. The number of nitrogens with zero attached hydrogens (tertiary/aromatic N) is 1. The van der Waals surface area contributed by atoms with Crippen LogP contribution in [0.1, 0.15) is 64.5 Å². The van der Waals surface area contributed by atoms with Gasteiger partial charge >= 0.3 is 5.97 Å². The highest BCUT2D eigenvalue weighted by molar-refractivity contribution is 6.21. The van der Waals surface area contributed by atoms with E-state index < -0.39 is 79.1 Å². The van der Waals surface area contributed by atoms with Crippen molar-refractivity contribution in [3.05, 3.63) is 250 Å². The second kappa shape index (κ2) is 24.8. The lowest BCUT2D eigenvalue weighted by Crippen LogP contribution is -2.69. The second-order valence-electron chi connectivity index (χ2n) is 19.4. The van der Waals surface area contributed by atoms with E-state index in [0.717, 1.165) is 32.7 Å². The van der Waals surface area contributed by atoms with Crippen LogP contribution in [0.25, 0.3) is 0 Å². The number of hydrogen-bond donors (Lipinski definition) is 0. The lowest BCUT2D eigenvalue weighted by atomic mass is 9.93. The molecule has 10 atom stereocenters. The molecule has 0 unspecified atom stereocenters. The summed E-state index contributed by atoms with van der Waals surface area (Å²) in [6.07, 6.45) is -10.2. The van der Waals surface area contributed by atoms with Gasteiger partial charge in [0.05, 0.1) is 69.5 Å². The predicted octanol–water partition coefficient (Wildman–Crippen LogP) is 9.43. The topological polar surface area (TPSA) is 147 Å². The molecular weight excluding hydrogens is 979 g/mol. The first-order valence-electron chi connectivity index (χ1n) is 26.0. The Morgan fingerprint density at radius 3 is 1.47 bits per heavy atom. The van der Waals surface area contributed by atoms with E-state index >= 15 is 0 Å². The number of amides is 2. The Kier molecular flexibility index (Phi) is 16.7. The van der Waals surface area contributed by atoms with E-state index in [4.69, 9.17) is 47.4 Å². The molecule has 14 nitrogen and oxygen atoms in total. The highest BCUT2D eigenvalue weighted by Gasteiger charge is 2.59. The van der Waals surface area contributed by atoms with Gasteiger partial charge in [-0.2, -0.15) is 0 Å². The summed E-state index contributed by atoms with van der Waals surface area (Å²) in [5.41, 5.74) is 5.69. The molecule has 4 aliphatic heterocycles. The standard InChI is InChI=1S/C63H59NO13/c65-59-49-31-16-17-32-50(49)60(66)64(59)53-56-55(52(41-69-35-43-21-8-2-9-22-43)74-62(53)73-38-46-27-14-5-15-28-46)77-63-58(72-39-47-29-18-30-48(33-47)61(67)76-56)57(71-37-45-25-12-4-13-26-45)54(70-36-44-23-10-3-11-24-44)51(75-63)40-68-34-42-19-6-1-7-20-42/h1-33,51-58,62-63H,34-41H2/t51-,52-,53-,54-,55-,56-,57+,58-,62-,63-/m1/s1. The SMILES string of the molecule is O=C1O[C@H]2[C@H](O[C@H]3O[C@H](COCc4ccccc4)[C@@H](OCc4ccccc4)[C@H](OCc4ccccc4)[C@H]3OCc3cccc1c3)[C@@H](COCc1ccccc1)O[C@@H](OCc1ccccc1)[C@@H]2N1C(=O)c2ccccc2C1=O. The zero-order chi connectivity index (χ0) is 52.3. The van der Waals surface area contributed by atoms with Crippen molar-refractivity contribution < 1.29 is 61.8 Å². The largest absolute Gasteiger partial charge is 0.453 e. The molecule has 0 radical (unpaired) electrons. The molecule has 14 heteroatoms. The molecule has 4 heterocycles. The van der Waals surface area contributed by atoms with Gasteiger partial charge < -0.3 is 47.4 Å². The zero-order valence-electron chi connectivity index (χ0n) is 42.2. The monoisotopic (exact) mass is 1040 g/mol. The van der Waals surface area contributed by atoms with Crippen LogP contribution in [-0.2, 0) is 87.0 Å². The molecule has 0 saturated carbocycles. The van der Waals surface area contributed by atoms with Gasteiger partial charge in [-0.3, -0.25) is 14.5 Å². The first-order chi connectivity index (χ1) is 37.9. The number of carbonyl (C=O) groups is 3. The number of ether oxygens (including phenoxy) is 10. The van der Waals surface area contributed by atoms with Crippen molar-refractivity contribution in [2.45, 2.75) is 101 Å². The molecule has 0 aliphatic carbocycles. The fraction of sp³-hybridized carbons (Fsp3) is 0.286. The Bertz CT molecular complexity index is 3010. The molecule has 4 aliphatic rings. The number of hydrogen-bond acceptors (Lipinski definition) is 13. The third-order valence-electron chi connectivity index (χ3n) is 14.1. The smallest absolute Gasteiger partial charge is 0.338 e. The summed E-state index contributed by atoms with van der Waals surface area (Å²) in [6.45, 7) is 0.746. The minimum absolute atomic E-state index is 0.00204. The van der Waals surface area contributed by atoms with Crippen LogP contribution in [0, 0.1) is 0 Å². The van der Waals surface area contributed by atoms with E-state index in [1.54, 1.807) is 42.5 Å². The van der Waals surface area contributed by atoms with E-state index in [1.165, 1.54) is 0 Å². The molecule has 7 aromatic carbocycles. The molecule has 0 spiro atoms. The van der Waals surface area contributed by atoms with Crippen molar-refractivity contribution >= 4 is 17.8 Å².